The van der Waals surface area contributed by atoms with Gasteiger partial charge >= 0.3 is 5.97 Å². The van der Waals surface area contributed by atoms with Crippen LogP contribution in [0.5, 0.6) is 5.75 Å². The molecule has 0 aliphatic rings. The van der Waals surface area contributed by atoms with E-state index in [1.54, 1.807) is 18.2 Å². The van der Waals surface area contributed by atoms with Crippen LogP contribution in [0.2, 0.25) is 5.02 Å². The van der Waals surface area contributed by atoms with Crippen molar-refractivity contribution < 1.29 is 19.0 Å². The van der Waals surface area contributed by atoms with Gasteiger partial charge < -0.3 is 9.84 Å². The minimum atomic E-state index is -1.04. The lowest BCUT2D eigenvalue weighted by atomic mass is 10.1. The highest BCUT2D eigenvalue weighted by Crippen LogP contribution is 2.21. The van der Waals surface area contributed by atoms with Gasteiger partial charge in [0.2, 0.25) is 0 Å². The van der Waals surface area contributed by atoms with Gasteiger partial charge in [-0.1, -0.05) is 23.7 Å². The molecule has 0 atom stereocenters. The van der Waals surface area contributed by atoms with Gasteiger partial charge in [-0.3, -0.25) is 0 Å². The molecule has 0 radical (unpaired) electrons. The lowest BCUT2D eigenvalue weighted by molar-refractivity contribution is 0.0697. The number of carboxylic acid groups (broad SMARTS) is 1. The fourth-order valence-electron chi connectivity index (χ4n) is 1.52. The topological polar surface area (TPSA) is 46.5 Å². The Balaban J connectivity index is 2.10. The Hall–Kier alpha value is -2.07. The highest BCUT2D eigenvalue weighted by Gasteiger charge is 2.07. The zero-order chi connectivity index (χ0) is 13.8. The Morgan fingerprint density at radius 2 is 2.05 bits per heavy atom. The molecule has 3 nitrogen and oxygen atoms in total. The Morgan fingerprint density at radius 3 is 2.68 bits per heavy atom. The van der Waals surface area contributed by atoms with Gasteiger partial charge in [-0.05, 0) is 24.3 Å². The van der Waals surface area contributed by atoms with Crippen LogP contribution in [-0.2, 0) is 6.61 Å². The van der Waals surface area contributed by atoms with Crippen molar-refractivity contribution in [1.82, 2.24) is 0 Å². The summed E-state index contributed by atoms with van der Waals surface area (Å²) in [6, 6.07) is 10.1. The molecule has 2 aromatic rings. The van der Waals surface area contributed by atoms with Gasteiger partial charge in [0.25, 0.3) is 0 Å². The first-order valence-corrected chi connectivity index (χ1v) is 5.84. The standard InChI is InChI=1S/C14H10ClFO3/c15-13-6-9(14(17)18)4-5-10(13)8-19-12-3-1-2-11(16)7-12/h1-7H,8H2,(H,17,18). The average Bonchev–Trinajstić information content (AvgIpc) is 2.37. The summed E-state index contributed by atoms with van der Waals surface area (Å²) in [6.45, 7) is 0.141. The maximum Gasteiger partial charge on any atom is 0.335 e. The second-order valence-corrected chi connectivity index (χ2v) is 4.26. The molecule has 0 heterocycles. The number of hydrogen-bond donors (Lipinski definition) is 1. The Labute approximate surface area is 114 Å². The normalized spacial score (nSPS) is 10.2. The molecule has 0 saturated heterocycles. The maximum absolute atomic E-state index is 12.9. The zero-order valence-electron chi connectivity index (χ0n) is 9.77. The minimum absolute atomic E-state index is 0.111. The molecule has 98 valence electrons. The molecule has 5 heteroatoms. The third-order valence-electron chi connectivity index (χ3n) is 2.49. The van der Waals surface area contributed by atoms with E-state index in [4.69, 9.17) is 21.4 Å². The highest BCUT2D eigenvalue weighted by atomic mass is 35.5. The predicted molar refractivity (Wildman–Crippen MR) is 69.1 cm³/mol. The maximum atomic E-state index is 12.9. The van der Waals surface area contributed by atoms with E-state index in [1.807, 2.05) is 0 Å². The van der Waals surface area contributed by atoms with Crippen molar-refractivity contribution >= 4 is 17.6 Å². The molecular formula is C14H10ClFO3. The van der Waals surface area contributed by atoms with E-state index >= 15 is 0 Å². The number of benzene rings is 2. The lowest BCUT2D eigenvalue weighted by Crippen LogP contribution is -2.00. The molecule has 2 rings (SSSR count). The number of rotatable bonds is 4. The van der Waals surface area contributed by atoms with Crippen LogP contribution < -0.4 is 4.74 Å². The Kier molecular flexibility index (Phi) is 4.02. The molecule has 0 aliphatic carbocycles. The summed E-state index contributed by atoms with van der Waals surface area (Å²) in [5, 5.41) is 9.11. The van der Waals surface area contributed by atoms with E-state index in [9.17, 15) is 9.18 Å². The number of hydrogen-bond acceptors (Lipinski definition) is 2. The van der Waals surface area contributed by atoms with E-state index < -0.39 is 5.97 Å². The molecule has 0 aliphatic heterocycles. The quantitative estimate of drug-likeness (QED) is 0.927. The Morgan fingerprint density at radius 1 is 1.26 bits per heavy atom. The first kappa shape index (κ1) is 13.4. The van der Waals surface area contributed by atoms with Gasteiger partial charge in [0.15, 0.2) is 0 Å². The smallest absolute Gasteiger partial charge is 0.335 e. The molecule has 0 spiro atoms. The summed E-state index contributed by atoms with van der Waals surface area (Å²) < 4.78 is 18.3. The van der Waals surface area contributed by atoms with Crippen molar-refractivity contribution in [3.05, 3.63) is 64.4 Å². The first-order valence-electron chi connectivity index (χ1n) is 5.46. The van der Waals surface area contributed by atoms with E-state index in [0.717, 1.165) is 0 Å². The molecule has 0 fully saturated rings. The van der Waals surface area contributed by atoms with Crippen molar-refractivity contribution in [2.24, 2.45) is 0 Å². The molecule has 0 aromatic heterocycles. The molecule has 0 saturated carbocycles. The van der Waals surface area contributed by atoms with Crippen molar-refractivity contribution in [3.8, 4) is 5.75 Å². The number of aromatic carboxylic acids is 1. The summed E-state index contributed by atoms with van der Waals surface area (Å²) in [4.78, 5) is 10.7. The second kappa shape index (κ2) is 5.71. The summed E-state index contributed by atoms with van der Waals surface area (Å²) in [5.74, 6) is -1.04. The predicted octanol–water partition coefficient (Wildman–Crippen LogP) is 3.76. The third kappa shape index (κ3) is 3.45. The van der Waals surface area contributed by atoms with Crippen molar-refractivity contribution in [1.29, 1.82) is 0 Å². The summed E-state index contributed by atoms with van der Waals surface area (Å²) >= 11 is 5.95. The molecule has 2 aromatic carbocycles. The molecular weight excluding hydrogens is 271 g/mol. The second-order valence-electron chi connectivity index (χ2n) is 3.86. The first-order chi connectivity index (χ1) is 9.06. The zero-order valence-corrected chi connectivity index (χ0v) is 10.5. The van der Waals surface area contributed by atoms with Gasteiger partial charge in [-0.2, -0.15) is 0 Å². The van der Waals surface area contributed by atoms with Crippen LogP contribution in [0, 0.1) is 5.82 Å². The van der Waals surface area contributed by atoms with E-state index in [2.05, 4.69) is 0 Å². The van der Waals surface area contributed by atoms with Crippen LogP contribution in [0.25, 0.3) is 0 Å². The third-order valence-corrected chi connectivity index (χ3v) is 2.84. The van der Waals surface area contributed by atoms with Crippen LogP contribution in [0.15, 0.2) is 42.5 Å². The molecule has 0 bridgehead atoms. The van der Waals surface area contributed by atoms with Gasteiger partial charge in [-0.25, -0.2) is 9.18 Å². The monoisotopic (exact) mass is 280 g/mol. The fraction of sp³-hybridized carbons (Fsp3) is 0.0714. The summed E-state index contributed by atoms with van der Waals surface area (Å²) in [5.41, 5.74) is 0.746. The van der Waals surface area contributed by atoms with Crippen molar-refractivity contribution in [2.45, 2.75) is 6.61 Å². The number of ether oxygens (including phenoxy) is 1. The molecule has 0 unspecified atom stereocenters. The van der Waals surface area contributed by atoms with E-state index in [1.165, 1.54) is 24.3 Å². The van der Waals surface area contributed by atoms with Gasteiger partial charge in [0.05, 0.1) is 5.56 Å². The summed E-state index contributed by atoms with van der Waals surface area (Å²) in [7, 11) is 0. The van der Waals surface area contributed by atoms with Gasteiger partial charge in [0.1, 0.15) is 18.2 Å². The number of halogens is 2. The fourth-order valence-corrected chi connectivity index (χ4v) is 1.75. The molecule has 19 heavy (non-hydrogen) atoms. The van der Waals surface area contributed by atoms with E-state index in [0.29, 0.717) is 16.3 Å². The lowest BCUT2D eigenvalue weighted by Gasteiger charge is -2.08. The van der Waals surface area contributed by atoms with Crippen molar-refractivity contribution in [2.75, 3.05) is 0 Å². The van der Waals surface area contributed by atoms with Crippen LogP contribution in [-0.4, -0.2) is 11.1 Å². The van der Waals surface area contributed by atoms with E-state index in [-0.39, 0.29) is 18.0 Å². The number of carboxylic acids is 1. The SMILES string of the molecule is O=C(O)c1ccc(COc2cccc(F)c2)c(Cl)c1. The molecule has 1 N–H and O–H groups in total. The van der Waals surface area contributed by atoms with Crippen LogP contribution in [0.4, 0.5) is 4.39 Å². The van der Waals surface area contributed by atoms with Crippen LogP contribution in [0.3, 0.4) is 0 Å². The highest BCUT2D eigenvalue weighted by molar-refractivity contribution is 6.31. The average molecular weight is 281 g/mol. The molecule has 0 amide bonds. The minimum Gasteiger partial charge on any atom is -0.489 e. The van der Waals surface area contributed by atoms with Crippen LogP contribution in [0.1, 0.15) is 15.9 Å². The van der Waals surface area contributed by atoms with Crippen LogP contribution >= 0.6 is 11.6 Å². The largest absolute Gasteiger partial charge is 0.489 e. The van der Waals surface area contributed by atoms with Gasteiger partial charge in [-0.15, -0.1) is 0 Å². The van der Waals surface area contributed by atoms with Crippen molar-refractivity contribution in [3.63, 3.8) is 0 Å². The summed E-state index contributed by atoms with van der Waals surface area (Å²) in [6.07, 6.45) is 0. The number of carbonyl (C=O) groups is 1. The Bertz CT molecular complexity index is 613. The van der Waals surface area contributed by atoms with Gasteiger partial charge in [0, 0.05) is 16.7 Å².